The summed E-state index contributed by atoms with van der Waals surface area (Å²) < 4.78 is 0. The van der Waals surface area contributed by atoms with Crippen LogP contribution in [-0.4, -0.2) is 42.6 Å². The lowest BCUT2D eigenvalue weighted by atomic mass is 9.97. The molecule has 2 unspecified atom stereocenters. The molecule has 6 heteroatoms. The van der Waals surface area contributed by atoms with Gasteiger partial charge in [0.2, 0.25) is 5.91 Å². The van der Waals surface area contributed by atoms with Crippen LogP contribution in [0.2, 0.25) is 0 Å². The fourth-order valence-electron chi connectivity index (χ4n) is 4.02. The normalized spacial score (nSPS) is 18.3. The molecular formula is C23H28N4O2. The summed E-state index contributed by atoms with van der Waals surface area (Å²) in [6, 6.07) is 13.0. The third-order valence-corrected chi connectivity index (χ3v) is 5.72. The van der Waals surface area contributed by atoms with E-state index in [0.717, 1.165) is 24.0 Å². The van der Waals surface area contributed by atoms with E-state index >= 15 is 0 Å². The first kappa shape index (κ1) is 20.6. The van der Waals surface area contributed by atoms with Gasteiger partial charge in [0.25, 0.3) is 5.91 Å². The van der Waals surface area contributed by atoms with Gasteiger partial charge >= 0.3 is 0 Å². The lowest BCUT2D eigenvalue weighted by Crippen LogP contribution is -2.36. The Morgan fingerprint density at radius 3 is 2.59 bits per heavy atom. The van der Waals surface area contributed by atoms with Gasteiger partial charge in [-0.05, 0) is 55.5 Å². The summed E-state index contributed by atoms with van der Waals surface area (Å²) >= 11 is 0. The highest BCUT2D eigenvalue weighted by Crippen LogP contribution is 2.30. The quantitative estimate of drug-likeness (QED) is 0.519. The van der Waals surface area contributed by atoms with E-state index in [9.17, 15) is 9.59 Å². The number of nitrogens with one attached hydrogen (secondary N) is 2. The number of carbonyl (C=O) groups excluding carboxylic acids is 2. The second-order valence-corrected chi connectivity index (χ2v) is 7.50. The molecule has 0 spiro atoms. The predicted molar refractivity (Wildman–Crippen MR) is 116 cm³/mol. The van der Waals surface area contributed by atoms with Gasteiger partial charge in [-0.2, -0.15) is 0 Å². The molecule has 0 radical (unpaired) electrons. The molecule has 4 N–H and O–H groups in total. The van der Waals surface area contributed by atoms with Gasteiger partial charge in [0, 0.05) is 48.6 Å². The summed E-state index contributed by atoms with van der Waals surface area (Å²) in [5, 5.41) is 10.5. The predicted octanol–water partition coefficient (Wildman–Crippen LogP) is 3.31. The van der Waals surface area contributed by atoms with Crippen LogP contribution in [0, 0.1) is 11.3 Å². The van der Waals surface area contributed by atoms with E-state index in [1.54, 1.807) is 23.1 Å². The Hall–Kier alpha value is -3.15. The first-order chi connectivity index (χ1) is 14.0. The van der Waals surface area contributed by atoms with Gasteiger partial charge in [-0.1, -0.05) is 24.3 Å². The van der Waals surface area contributed by atoms with Gasteiger partial charge < -0.3 is 21.4 Å². The van der Waals surface area contributed by atoms with E-state index in [1.165, 1.54) is 6.21 Å². The molecule has 2 aromatic carbocycles. The number of benzene rings is 2. The molecule has 1 saturated carbocycles. The molecule has 0 heterocycles. The van der Waals surface area contributed by atoms with Crippen molar-refractivity contribution in [2.45, 2.75) is 32.2 Å². The zero-order valence-electron chi connectivity index (χ0n) is 16.9. The van der Waals surface area contributed by atoms with Crippen LogP contribution >= 0.6 is 0 Å². The molecule has 152 valence electrons. The Kier molecular flexibility index (Phi) is 6.32. The van der Waals surface area contributed by atoms with Crippen LogP contribution in [0.15, 0.2) is 42.5 Å². The molecule has 2 atom stereocenters. The van der Waals surface area contributed by atoms with Crippen LogP contribution in [0.25, 0.3) is 11.1 Å². The van der Waals surface area contributed by atoms with Crippen molar-refractivity contribution < 1.29 is 9.59 Å². The summed E-state index contributed by atoms with van der Waals surface area (Å²) in [6.45, 7) is 2.55. The largest absolute Gasteiger partial charge is 0.398 e. The Bertz CT molecular complexity index is 908. The Labute approximate surface area is 171 Å². The molecule has 1 fully saturated rings. The summed E-state index contributed by atoms with van der Waals surface area (Å²) in [4.78, 5) is 26.8. The van der Waals surface area contributed by atoms with E-state index in [-0.39, 0.29) is 23.8 Å². The zero-order valence-corrected chi connectivity index (χ0v) is 16.9. The molecule has 1 aliphatic rings. The van der Waals surface area contributed by atoms with E-state index < -0.39 is 0 Å². The minimum Gasteiger partial charge on any atom is -0.398 e. The third kappa shape index (κ3) is 4.31. The first-order valence-electron chi connectivity index (χ1n) is 10.0. The fourth-order valence-corrected chi connectivity index (χ4v) is 4.02. The highest BCUT2D eigenvalue weighted by Gasteiger charge is 2.33. The Morgan fingerprint density at radius 1 is 1.21 bits per heavy atom. The van der Waals surface area contributed by atoms with Gasteiger partial charge in [0.15, 0.2) is 0 Å². The molecule has 2 amide bonds. The maximum Gasteiger partial charge on any atom is 0.253 e. The Balaban J connectivity index is 1.72. The molecule has 0 saturated heterocycles. The third-order valence-electron chi connectivity index (χ3n) is 5.72. The molecule has 0 aromatic heterocycles. The van der Waals surface area contributed by atoms with Gasteiger partial charge in [0.1, 0.15) is 0 Å². The van der Waals surface area contributed by atoms with Crippen molar-refractivity contribution in [1.29, 1.82) is 5.41 Å². The van der Waals surface area contributed by atoms with Gasteiger partial charge in [-0.25, -0.2) is 0 Å². The van der Waals surface area contributed by atoms with Crippen LogP contribution in [0.5, 0.6) is 0 Å². The number of nitrogens with zero attached hydrogens (tertiary/aromatic N) is 1. The number of hydrogen-bond donors (Lipinski definition) is 3. The highest BCUT2D eigenvalue weighted by atomic mass is 16.2. The average Bonchev–Trinajstić information content (AvgIpc) is 3.23. The van der Waals surface area contributed by atoms with Crippen molar-refractivity contribution >= 4 is 23.7 Å². The summed E-state index contributed by atoms with van der Waals surface area (Å²) in [5.74, 6) is 0.0305. The minimum absolute atomic E-state index is 0.0133. The maximum absolute atomic E-state index is 12.9. The summed E-state index contributed by atoms with van der Waals surface area (Å²) in [6.07, 6.45) is 3.61. The van der Waals surface area contributed by atoms with Crippen molar-refractivity contribution in [2.24, 2.45) is 5.92 Å². The molecule has 0 bridgehead atoms. The van der Waals surface area contributed by atoms with Crippen molar-refractivity contribution in [3.8, 4) is 11.1 Å². The minimum atomic E-state index is -0.0436. The lowest BCUT2D eigenvalue weighted by Gasteiger charge is -2.25. The number of rotatable bonds is 6. The number of nitrogens with two attached hydrogens (primary N) is 1. The van der Waals surface area contributed by atoms with Gasteiger partial charge in [0.05, 0.1) is 0 Å². The van der Waals surface area contributed by atoms with Crippen LogP contribution in [0.3, 0.4) is 0 Å². The molecule has 2 aromatic rings. The smallest absolute Gasteiger partial charge is 0.253 e. The second kappa shape index (κ2) is 8.90. The van der Waals surface area contributed by atoms with Crippen LogP contribution in [0.1, 0.15) is 42.1 Å². The Morgan fingerprint density at radius 2 is 1.93 bits per heavy atom. The van der Waals surface area contributed by atoms with E-state index in [1.807, 2.05) is 38.2 Å². The van der Waals surface area contributed by atoms with Crippen molar-refractivity contribution in [3.05, 3.63) is 53.6 Å². The van der Waals surface area contributed by atoms with Gasteiger partial charge in [-0.15, -0.1) is 0 Å². The number of nitrogen functional groups attached to an aromatic ring is 1. The standard InChI is InChI=1S/C23H28N4O2/c1-3-26-22(28)17-11-12-18(13-17)27(2)23(29)16-9-7-15(8-10-16)19-5-4-6-21(25)20(19)14-24/h4-10,14,17-18,24H,3,11-13,25H2,1-2H3,(H,26,28). The monoisotopic (exact) mass is 392 g/mol. The van der Waals surface area contributed by atoms with Crippen LogP contribution in [0.4, 0.5) is 5.69 Å². The lowest BCUT2D eigenvalue weighted by molar-refractivity contribution is -0.124. The molecule has 29 heavy (non-hydrogen) atoms. The first-order valence-corrected chi connectivity index (χ1v) is 10.0. The molecule has 6 nitrogen and oxygen atoms in total. The van der Waals surface area contributed by atoms with Crippen molar-refractivity contribution in [3.63, 3.8) is 0 Å². The number of amides is 2. The topological polar surface area (TPSA) is 99.3 Å². The van der Waals surface area contributed by atoms with E-state index in [4.69, 9.17) is 11.1 Å². The second-order valence-electron chi connectivity index (χ2n) is 7.50. The number of carbonyl (C=O) groups is 2. The fraction of sp³-hybridized carbons (Fsp3) is 0.348. The highest BCUT2D eigenvalue weighted by molar-refractivity contribution is 5.97. The molecular weight excluding hydrogens is 364 g/mol. The van der Waals surface area contributed by atoms with Crippen LogP contribution in [-0.2, 0) is 4.79 Å². The summed E-state index contributed by atoms with van der Waals surface area (Å²) in [7, 11) is 1.81. The summed E-state index contributed by atoms with van der Waals surface area (Å²) in [5.41, 5.74) is 9.58. The number of anilines is 1. The van der Waals surface area contributed by atoms with Crippen molar-refractivity contribution in [1.82, 2.24) is 10.2 Å². The van der Waals surface area contributed by atoms with Crippen LogP contribution < -0.4 is 11.1 Å². The van der Waals surface area contributed by atoms with Crippen molar-refractivity contribution in [2.75, 3.05) is 19.3 Å². The molecule has 0 aliphatic heterocycles. The molecule has 1 aliphatic carbocycles. The SMILES string of the molecule is CCNC(=O)C1CCC(N(C)C(=O)c2ccc(-c3cccc(N)c3C=N)cc2)C1. The average molecular weight is 393 g/mol. The maximum atomic E-state index is 12.9. The number of hydrogen-bond acceptors (Lipinski definition) is 4. The van der Waals surface area contributed by atoms with E-state index in [2.05, 4.69) is 5.32 Å². The zero-order chi connectivity index (χ0) is 21.0. The van der Waals surface area contributed by atoms with E-state index in [0.29, 0.717) is 29.8 Å². The van der Waals surface area contributed by atoms with Gasteiger partial charge in [-0.3, -0.25) is 9.59 Å². The molecule has 3 rings (SSSR count).